The Morgan fingerprint density at radius 1 is 1.23 bits per heavy atom. The largest absolute Gasteiger partial charge is 0.396 e. The molecule has 0 unspecified atom stereocenters. The molecule has 0 saturated carbocycles. The highest BCUT2D eigenvalue weighted by molar-refractivity contribution is 5.78. The molecular weight excluding hydrogens is 330 g/mol. The summed E-state index contributed by atoms with van der Waals surface area (Å²) in [4.78, 5) is 27.6. The molecule has 1 aromatic rings. The van der Waals surface area contributed by atoms with Crippen molar-refractivity contribution in [2.24, 2.45) is 5.41 Å². The summed E-state index contributed by atoms with van der Waals surface area (Å²) in [7, 11) is 0. The summed E-state index contributed by atoms with van der Waals surface area (Å²) < 4.78 is 0. The van der Waals surface area contributed by atoms with Gasteiger partial charge in [-0.25, -0.2) is 9.97 Å². The molecule has 3 rings (SSSR count). The summed E-state index contributed by atoms with van der Waals surface area (Å²) in [5, 5.41) is 9.82. The number of likely N-dealkylation sites (tertiary alicyclic amines) is 1. The topological polar surface area (TPSA) is 72.8 Å². The van der Waals surface area contributed by atoms with Gasteiger partial charge in [0.2, 0.25) is 11.9 Å². The highest BCUT2D eigenvalue weighted by Gasteiger charge is 2.36. The predicted octanol–water partition coefficient (Wildman–Crippen LogP) is 0.776. The number of amides is 1. The molecule has 26 heavy (non-hydrogen) atoms. The van der Waals surface area contributed by atoms with Gasteiger partial charge in [0, 0.05) is 57.1 Å². The first-order chi connectivity index (χ1) is 12.7. The van der Waals surface area contributed by atoms with E-state index in [1.807, 2.05) is 17.0 Å². The second kappa shape index (κ2) is 8.60. The number of allylic oxidation sites excluding steroid dienone is 1. The van der Waals surface area contributed by atoms with Crippen LogP contribution < -0.4 is 4.90 Å². The van der Waals surface area contributed by atoms with Gasteiger partial charge in [-0.15, -0.1) is 6.58 Å². The molecule has 7 nitrogen and oxygen atoms in total. The number of hydrogen-bond acceptors (Lipinski definition) is 6. The number of piperazine rings is 1. The maximum atomic E-state index is 12.8. The molecule has 1 aromatic heterocycles. The lowest BCUT2D eigenvalue weighted by molar-refractivity contribution is -0.136. The van der Waals surface area contributed by atoms with Crippen LogP contribution in [0.5, 0.6) is 0 Å². The highest BCUT2D eigenvalue weighted by atomic mass is 16.3. The maximum Gasteiger partial charge on any atom is 0.236 e. The molecule has 0 radical (unpaired) electrons. The summed E-state index contributed by atoms with van der Waals surface area (Å²) in [5.74, 6) is 0.919. The van der Waals surface area contributed by atoms with Gasteiger partial charge >= 0.3 is 0 Å². The number of anilines is 1. The van der Waals surface area contributed by atoms with Crippen LogP contribution in [0.25, 0.3) is 0 Å². The Balaban J connectivity index is 1.50. The number of aromatic nitrogens is 2. The van der Waals surface area contributed by atoms with Crippen molar-refractivity contribution in [2.45, 2.75) is 19.3 Å². The molecule has 2 aliphatic heterocycles. The van der Waals surface area contributed by atoms with Crippen LogP contribution >= 0.6 is 0 Å². The van der Waals surface area contributed by atoms with Crippen LogP contribution in [0.4, 0.5) is 5.95 Å². The number of aliphatic hydroxyl groups excluding tert-OH is 1. The molecule has 2 saturated heterocycles. The number of aliphatic hydroxyl groups is 1. The van der Waals surface area contributed by atoms with Gasteiger partial charge in [-0.05, 0) is 25.3 Å². The van der Waals surface area contributed by atoms with Crippen LogP contribution in [0.15, 0.2) is 31.1 Å². The Morgan fingerprint density at radius 3 is 2.62 bits per heavy atom. The standard InChI is InChI=1S/C19H29N5O2/c1-2-5-19(16-25)6-3-9-24(15-19)17(26)14-22-10-12-23(13-11-22)18-20-7-4-8-21-18/h2,4,7-8,25H,1,3,5-6,9-16H2/t19-/m1/s1. The summed E-state index contributed by atoms with van der Waals surface area (Å²) in [6.07, 6.45) is 8.02. The number of piperidine rings is 1. The maximum absolute atomic E-state index is 12.8. The first kappa shape index (κ1) is 18.8. The van der Waals surface area contributed by atoms with Crippen LogP contribution in [-0.4, -0.2) is 83.2 Å². The summed E-state index contributed by atoms with van der Waals surface area (Å²) >= 11 is 0. The lowest BCUT2D eigenvalue weighted by atomic mass is 9.78. The molecule has 3 heterocycles. The van der Waals surface area contributed by atoms with E-state index in [1.165, 1.54) is 0 Å². The van der Waals surface area contributed by atoms with Crippen LogP contribution in [0, 0.1) is 5.41 Å². The van der Waals surface area contributed by atoms with Gasteiger partial charge in [0.05, 0.1) is 13.2 Å². The van der Waals surface area contributed by atoms with Gasteiger partial charge in [0.1, 0.15) is 0 Å². The lowest BCUT2D eigenvalue weighted by Crippen LogP contribution is -2.53. The third-order valence-corrected chi connectivity index (χ3v) is 5.49. The van der Waals surface area contributed by atoms with Gasteiger partial charge in [0.15, 0.2) is 0 Å². The third kappa shape index (κ3) is 4.40. The summed E-state index contributed by atoms with van der Waals surface area (Å²) in [5.41, 5.74) is -0.209. The first-order valence-corrected chi connectivity index (χ1v) is 9.40. The normalized spacial score (nSPS) is 24.5. The van der Waals surface area contributed by atoms with Crippen molar-refractivity contribution in [3.8, 4) is 0 Å². The minimum atomic E-state index is -0.209. The van der Waals surface area contributed by atoms with Gasteiger partial charge in [0.25, 0.3) is 0 Å². The average molecular weight is 359 g/mol. The van der Waals surface area contributed by atoms with E-state index >= 15 is 0 Å². The summed E-state index contributed by atoms with van der Waals surface area (Å²) in [6, 6.07) is 1.82. The van der Waals surface area contributed by atoms with E-state index in [1.54, 1.807) is 12.4 Å². The zero-order valence-corrected chi connectivity index (χ0v) is 15.4. The van der Waals surface area contributed by atoms with Crippen molar-refractivity contribution in [1.29, 1.82) is 0 Å². The molecular formula is C19H29N5O2. The van der Waals surface area contributed by atoms with Crippen LogP contribution in [0.2, 0.25) is 0 Å². The van der Waals surface area contributed by atoms with Crippen LogP contribution in [-0.2, 0) is 4.79 Å². The number of carbonyl (C=O) groups is 1. The molecule has 1 amide bonds. The van der Waals surface area contributed by atoms with Crippen molar-refractivity contribution in [3.63, 3.8) is 0 Å². The second-order valence-corrected chi connectivity index (χ2v) is 7.38. The Labute approximate surface area is 155 Å². The fourth-order valence-corrected chi connectivity index (χ4v) is 3.94. The zero-order valence-electron chi connectivity index (χ0n) is 15.4. The molecule has 0 spiro atoms. The number of rotatable bonds is 6. The summed E-state index contributed by atoms with van der Waals surface area (Å²) in [6.45, 7) is 9.09. The highest BCUT2D eigenvalue weighted by Crippen LogP contribution is 2.33. The number of nitrogens with zero attached hydrogens (tertiary/aromatic N) is 5. The van der Waals surface area contributed by atoms with Crippen molar-refractivity contribution >= 4 is 11.9 Å². The van der Waals surface area contributed by atoms with Crippen molar-refractivity contribution in [3.05, 3.63) is 31.1 Å². The fourth-order valence-electron chi connectivity index (χ4n) is 3.94. The Kier molecular flexibility index (Phi) is 6.21. The van der Waals surface area contributed by atoms with E-state index in [0.29, 0.717) is 13.1 Å². The Morgan fingerprint density at radius 2 is 1.96 bits per heavy atom. The lowest BCUT2D eigenvalue weighted by Gasteiger charge is -2.42. The fraction of sp³-hybridized carbons (Fsp3) is 0.632. The van der Waals surface area contributed by atoms with E-state index in [0.717, 1.165) is 57.9 Å². The van der Waals surface area contributed by atoms with Gasteiger partial charge in [-0.2, -0.15) is 0 Å². The Hall–Kier alpha value is -1.99. The Bertz CT molecular complexity index is 603. The molecule has 2 fully saturated rings. The molecule has 2 aliphatic rings. The van der Waals surface area contributed by atoms with E-state index in [2.05, 4.69) is 26.3 Å². The minimum absolute atomic E-state index is 0.110. The molecule has 0 bridgehead atoms. The van der Waals surface area contributed by atoms with Crippen molar-refractivity contribution in [1.82, 2.24) is 19.8 Å². The van der Waals surface area contributed by atoms with E-state index < -0.39 is 0 Å². The zero-order chi connectivity index (χ0) is 18.4. The second-order valence-electron chi connectivity index (χ2n) is 7.38. The number of hydrogen-bond donors (Lipinski definition) is 1. The molecule has 1 N–H and O–H groups in total. The number of carbonyl (C=O) groups excluding carboxylic acids is 1. The van der Waals surface area contributed by atoms with Gasteiger partial charge < -0.3 is 14.9 Å². The molecule has 142 valence electrons. The average Bonchev–Trinajstić information content (AvgIpc) is 2.69. The molecule has 0 aromatic carbocycles. The SMILES string of the molecule is C=CC[C@@]1(CO)CCCN(C(=O)CN2CCN(c3ncccn3)CC2)C1. The quantitative estimate of drug-likeness (QED) is 0.757. The minimum Gasteiger partial charge on any atom is -0.396 e. The molecule has 0 aliphatic carbocycles. The third-order valence-electron chi connectivity index (χ3n) is 5.49. The van der Waals surface area contributed by atoms with Gasteiger partial charge in [-0.1, -0.05) is 6.08 Å². The van der Waals surface area contributed by atoms with Crippen molar-refractivity contribution in [2.75, 3.05) is 57.3 Å². The van der Waals surface area contributed by atoms with E-state index in [-0.39, 0.29) is 17.9 Å². The van der Waals surface area contributed by atoms with Gasteiger partial charge in [-0.3, -0.25) is 9.69 Å². The monoisotopic (exact) mass is 359 g/mol. The van der Waals surface area contributed by atoms with Crippen LogP contribution in [0.1, 0.15) is 19.3 Å². The first-order valence-electron chi connectivity index (χ1n) is 9.40. The van der Waals surface area contributed by atoms with E-state index in [4.69, 9.17) is 0 Å². The van der Waals surface area contributed by atoms with Crippen LogP contribution in [0.3, 0.4) is 0 Å². The van der Waals surface area contributed by atoms with E-state index in [9.17, 15) is 9.90 Å². The van der Waals surface area contributed by atoms with Crippen molar-refractivity contribution < 1.29 is 9.90 Å². The smallest absolute Gasteiger partial charge is 0.236 e. The molecule has 7 heteroatoms. The predicted molar refractivity (Wildman–Crippen MR) is 101 cm³/mol. The molecule has 1 atom stereocenters.